The molecule has 3 amide bonds. The van der Waals surface area contributed by atoms with Gasteiger partial charge in [0.15, 0.2) is 0 Å². The normalized spacial score (nSPS) is 13.2. The van der Waals surface area contributed by atoms with Gasteiger partial charge in [-0.15, -0.1) is 0 Å². The highest BCUT2D eigenvalue weighted by Crippen LogP contribution is 2.26. The Hall–Kier alpha value is -3.14. The number of aromatic nitrogens is 2. The number of anilines is 1. The summed E-state index contributed by atoms with van der Waals surface area (Å²) in [6, 6.07) is 3.99. The zero-order valence-corrected chi connectivity index (χ0v) is 14.9. The number of hydrogen-bond donors (Lipinski definition) is 1. The van der Waals surface area contributed by atoms with Crippen molar-refractivity contribution < 1.29 is 23.9 Å². The van der Waals surface area contributed by atoms with Crippen LogP contribution in [0, 0.1) is 0 Å². The van der Waals surface area contributed by atoms with E-state index in [0.717, 1.165) is 16.4 Å². The topological polar surface area (TPSA) is 119 Å². The van der Waals surface area contributed by atoms with Crippen LogP contribution in [0.1, 0.15) is 55.5 Å². The third kappa shape index (κ3) is 2.94. The van der Waals surface area contributed by atoms with Crippen LogP contribution in [0.2, 0.25) is 0 Å². The molecule has 0 atom stereocenters. The molecule has 2 heterocycles. The zero-order chi connectivity index (χ0) is 19.0. The Bertz CT molecular complexity index is 936. The van der Waals surface area contributed by atoms with Crippen LogP contribution in [0.5, 0.6) is 0 Å². The number of carbonyl (C=O) groups is 4. The molecule has 1 aromatic carbocycles. The van der Waals surface area contributed by atoms with Crippen molar-refractivity contribution in [2.75, 3.05) is 12.4 Å². The summed E-state index contributed by atoms with van der Waals surface area (Å²) in [6.07, 6.45) is 0. The number of imide groups is 1. The summed E-state index contributed by atoms with van der Waals surface area (Å²) in [5.41, 5.74) is 0.637. The summed E-state index contributed by atoms with van der Waals surface area (Å²) in [5, 5.41) is 2.61. The fourth-order valence-electron chi connectivity index (χ4n) is 2.49. The molecule has 0 unspecified atom stereocenters. The summed E-state index contributed by atoms with van der Waals surface area (Å²) in [7, 11) is 1.20. The van der Waals surface area contributed by atoms with Crippen molar-refractivity contribution in [2.24, 2.45) is 0 Å². The molecule has 1 N–H and O–H groups in total. The van der Waals surface area contributed by atoms with Crippen LogP contribution < -0.4 is 5.32 Å². The van der Waals surface area contributed by atoms with Crippen LogP contribution >= 0.6 is 11.5 Å². The van der Waals surface area contributed by atoms with Gasteiger partial charge < -0.3 is 4.74 Å². The summed E-state index contributed by atoms with van der Waals surface area (Å²) in [6.45, 7) is 3.48. The molecule has 0 radical (unpaired) electrons. The molecule has 0 bridgehead atoms. The van der Waals surface area contributed by atoms with Gasteiger partial charge in [0.25, 0.3) is 23.5 Å². The number of carbonyl (C=O) groups excluding carboxylic acids is 4. The zero-order valence-electron chi connectivity index (χ0n) is 14.1. The molecule has 1 aliphatic heterocycles. The van der Waals surface area contributed by atoms with Crippen LogP contribution in [0.3, 0.4) is 0 Å². The molecule has 2 aromatic rings. The molecule has 0 saturated heterocycles. The van der Waals surface area contributed by atoms with Gasteiger partial charge in [-0.25, -0.2) is 4.79 Å². The lowest BCUT2D eigenvalue weighted by Gasteiger charge is -2.17. The van der Waals surface area contributed by atoms with E-state index in [2.05, 4.69) is 19.4 Å². The number of hydrogen-bond acceptors (Lipinski definition) is 8. The van der Waals surface area contributed by atoms with Crippen LogP contribution in [-0.2, 0) is 4.74 Å². The number of nitrogens with zero attached hydrogens (tertiary/aromatic N) is 3. The lowest BCUT2D eigenvalue weighted by Crippen LogP contribution is -2.35. The number of benzene rings is 1. The molecule has 1 aliphatic rings. The number of nitrogens with one attached hydrogen (secondary N) is 1. The van der Waals surface area contributed by atoms with E-state index in [1.54, 1.807) is 13.8 Å². The van der Waals surface area contributed by atoms with Crippen LogP contribution in [0.15, 0.2) is 18.2 Å². The molecule has 0 saturated carbocycles. The van der Waals surface area contributed by atoms with Crippen molar-refractivity contribution in [3.8, 4) is 0 Å². The smallest absolute Gasteiger partial charge is 0.377 e. The second kappa shape index (κ2) is 6.64. The predicted molar refractivity (Wildman–Crippen MR) is 91.3 cm³/mol. The molecule has 0 aliphatic carbocycles. The summed E-state index contributed by atoms with van der Waals surface area (Å²) < 4.78 is 8.28. The van der Waals surface area contributed by atoms with E-state index in [9.17, 15) is 19.2 Å². The maximum Gasteiger partial charge on any atom is 0.377 e. The third-order valence-corrected chi connectivity index (χ3v) is 4.34. The second-order valence-corrected chi connectivity index (χ2v) is 6.46. The van der Waals surface area contributed by atoms with Crippen LogP contribution in [-0.4, -0.2) is 51.1 Å². The molecule has 3 rings (SSSR count). The van der Waals surface area contributed by atoms with E-state index in [1.807, 2.05) is 0 Å². The fraction of sp³-hybridized carbons (Fsp3) is 0.250. The number of esters is 1. The fourth-order valence-corrected chi connectivity index (χ4v) is 3.04. The van der Waals surface area contributed by atoms with E-state index >= 15 is 0 Å². The molecule has 134 valence electrons. The highest BCUT2D eigenvalue weighted by Gasteiger charge is 2.37. The minimum Gasteiger partial charge on any atom is -0.463 e. The molecule has 26 heavy (non-hydrogen) atoms. The Kier molecular flexibility index (Phi) is 4.51. The van der Waals surface area contributed by atoms with Crippen LogP contribution in [0.25, 0.3) is 0 Å². The van der Waals surface area contributed by atoms with Crippen molar-refractivity contribution in [2.45, 2.75) is 19.9 Å². The maximum atomic E-state index is 12.4. The lowest BCUT2D eigenvalue weighted by molar-refractivity contribution is 0.0583. The first-order valence-electron chi connectivity index (χ1n) is 7.58. The van der Waals surface area contributed by atoms with E-state index in [4.69, 9.17) is 0 Å². The van der Waals surface area contributed by atoms with Gasteiger partial charge in [-0.1, -0.05) is 0 Å². The van der Waals surface area contributed by atoms with Crippen molar-refractivity contribution in [3.63, 3.8) is 0 Å². The van der Waals surface area contributed by atoms with Gasteiger partial charge in [-0.2, -0.15) is 9.36 Å². The number of methoxy groups -OCH3 is 1. The highest BCUT2D eigenvalue weighted by molar-refractivity contribution is 7.10. The van der Waals surface area contributed by atoms with E-state index < -0.39 is 17.8 Å². The average molecular weight is 374 g/mol. The Balaban J connectivity index is 1.82. The Morgan fingerprint density at radius 1 is 1.19 bits per heavy atom. The number of rotatable bonds is 4. The minimum atomic E-state index is -0.711. The number of ether oxygens (including phenoxy) is 1. The van der Waals surface area contributed by atoms with E-state index in [1.165, 1.54) is 25.3 Å². The maximum absolute atomic E-state index is 12.4. The molecule has 9 nitrogen and oxygen atoms in total. The first-order chi connectivity index (χ1) is 12.3. The summed E-state index contributed by atoms with van der Waals surface area (Å²) >= 11 is 0.824. The second-order valence-electron chi connectivity index (χ2n) is 5.70. The van der Waals surface area contributed by atoms with Crippen LogP contribution in [0.4, 0.5) is 5.13 Å². The van der Waals surface area contributed by atoms with Crippen molar-refractivity contribution in [1.82, 2.24) is 14.3 Å². The van der Waals surface area contributed by atoms with Gasteiger partial charge in [-0.05, 0) is 32.0 Å². The standard InChI is InChI=1S/C16H14N4O5S/c1-7(2)20-13(22)9-5-4-8(6-10(9)14(20)23)12(21)18-16-17-11(19-26-16)15(24)25-3/h4-7H,1-3H3,(H,17,18,19,21). The summed E-state index contributed by atoms with van der Waals surface area (Å²) in [4.78, 5) is 53.4. The molecule has 0 fully saturated rings. The highest BCUT2D eigenvalue weighted by atomic mass is 32.1. The van der Waals surface area contributed by atoms with Gasteiger partial charge in [0.2, 0.25) is 5.13 Å². The molecule has 0 spiro atoms. The lowest BCUT2D eigenvalue weighted by atomic mass is 10.1. The third-order valence-electron chi connectivity index (χ3n) is 3.71. The van der Waals surface area contributed by atoms with Gasteiger partial charge in [0.05, 0.1) is 18.2 Å². The van der Waals surface area contributed by atoms with Gasteiger partial charge in [-0.3, -0.25) is 24.6 Å². The quantitative estimate of drug-likeness (QED) is 0.637. The first kappa shape index (κ1) is 17.7. The minimum absolute atomic E-state index is 0.113. The number of amides is 3. The molecule has 1 aromatic heterocycles. The average Bonchev–Trinajstić information content (AvgIpc) is 3.17. The van der Waals surface area contributed by atoms with Crippen molar-refractivity contribution in [3.05, 3.63) is 40.7 Å². The van der Waals surface area contributed by atoms with E-state index in [-0.39, 0.29) is 39.6 Å². The van der Waals surface area contributed by atoms with Gasteiger partial charge in [0, 0.05) is 23.1 Å². The van der Waals surface area contributed by atoms with Gasteiger partial charge in [0.1, 0.15) is 0 Å². The van der Waals surface area contributed by atoms with E-state index in [0.29, 0.717) is 0 Å². The van der Waals surface area contributed by atoms with Crippen molar-refractivity contribution >= 4 is 40.4 Å². The van der Waals surface area contributed by atoms with Gasteiger partial charge >= 0.3 is 5.97 Å². The molecular weight excluding hydrogens is 360 g/mol. The summed E-state index contributed by atoms with van der Waals surface area (Å²) in [5.74, 6) is -2.21. The monoisotopic (exact) mass is 374 g/mol. The van der Waals surface area contributed by atoms with Crippen molar-refractivity contribution in [1.29, 1.82) is 0 Å². The molecule has 10 heteroatoms. The largest absolute Gasteiger partial charge is 0.463 e. The first-order valence-corrected chi connectivity index (χ1v) is 8.36. The number of fused-ring (bicyclic) bond motifs is 1. The Morgan fingerprint density at radius 3 is 2.54 bits per heavy atom. The predicted octanol–water partition coefficient (Wildman–Crippen LogP) is 1.58. The Morgan fingerprint density at radius 2 is 1.88 bits per heavy atom. The molecular formula is C16H14N4O5S. The Labute approximate surface area is 152 Å². The SMILES string of the molecule is COC(=O)c1nsc(NC(=O)c2ccc3c(c2)C(=O)N(C(C)C)C3=O)n1.